The van der Waals surface area contributed by atoms with Crippen LogP contribution in [0.2, 0.25) is 0 Å². The lowest BCUT2D eigenvalue weighted by atomic mass is 10.2. The Morgan fingerprint density at radius 3 is 2.58 bits per heavy atom. The van der Waals surface area contributed by atoms with Crippen molar-refractivity contribution >= 4 is 22.4 Å². The van der Waals surface area contributed by atoms with Gasteiger partial charge < -0.3 is 10.5 Å². The van der Waals surface area contributed by atoms with Gasteiger partial charge >= 0.3 is 0 Å². The second kappa shape index (κ2) is 7.98. The highest BCUT2D eigenvalue weighted by molar-refractivity contribution is 7.89. The molecule has 1 aliphatic heterocycles. The summed E-state index contributed by atoms with van der Waals surface area (Å²) in [6.45, 7) is 1.48. The minimum Gasteiger partial charge on any atom is -0.493 e. The number of rotatable bonds is 6. The molecule has 0 fully saturated rings. The first-order valence-corrected chi connectivity index (χ1v) is 9.05. The normalized spacial score (nSPS) is 13.2. The molecule has 24 heavy (non-hydrogen) atoms. The van der Waals surface area contributed by atoms with Gasteiger partial charge in [0.1, 0.15) is 5.75 Å². The fourth-order valence-corrected chi connectivity index (χ4v) is 4.18. The van der Waals surface area contributed by atoms with E-state index in [2.05, 4.69) is 0 Å². The average Bonchev–Trinajstić information content (AvgIpc) is 3.03. The van der Waals surface area contributed by atoms with E-state index in [1.165, 1.54) is 4.31 Å². The van der Waals surface area contributed by atoms with Gasteiger partial charge in [-0.1, -0.05) is 30.3 Å². The maximum Gasteiger partial charge on any atom is 0.243 e. The predicted molar refractivity (Wildman–Crippen MR) is 96.0 cm³/mol. The second-order valence-corrected chi connectivity index (χ2v) is 7.42. The molecule has 3 rings (SSSR count). The first kappa shape index (κ1) is 18.7. The van der Waals surface area contributed by atoms with E-state index in [0.717, 1.165) is 23.3 Å². The van der Waals surface area contributed by atoms with Crippen molar-refractivity contribution in [1.82, 2.24) is 4.31 Å². The maximum atomic E-state index is 13.0. The Balaban J connectivity index is 0.00000208. The molecule has 1 aliphatic rings. The summed E-state index contributed by atoms with van der Waals surface area (Å²) >= 11 is 0. The third-order valence-electron chi connectivity index (χ3n) is 3.88. The van der Waals surface area contributed by atoms with Crippen LogP contribution in [0.5, 0.6) is 5.75 Å². The number of benzene rings is 2. The summed E-state index contributed by atoms with van der Waals surface area (Å²) in [5.41, 5.74) is 7.50. The van der Waals surface area contributed by atoms with Gasteiger partial charge in [-0.15, -0.1) is 12.4 Å². The average molecular weight is 369 g/mol. The van der Waals surface area contributed by atoms with E-state index in [9.17, 15) is 8.42 Å². The van der Waals surface area contributed by atoms with Crippen molar-refractivity contribution in [2.45, 2.75) is 17.9 Å². The zero-order chi connectivity index (χ0) is 16.3. The monoisotopic (exact) mass is 368 g/mol. The lowest BCUT2D eigenvalue weighted by Crippen LogP contribution is -2.35. The summed E-state index contributed by atoms with van der Waals surface area (Å²) in [6.07, 6.45) is 0.744. The molecule has 0 spiro atoms. The molecule has 1 heterocycles. The van der Waals surface area contributed by atoms with E-state index >= 15 is 0 Å². The van der Waals surface area contributed by atoms with E-state index in [0.29, 0.717) is 18.0 Å². The molecular formula is C17H21ClN2O3S. The molecule has 0 aliphatic carbocycles. The lowest BCUT2D eigenvalue weighted by molar-refractivity contribution is 0.356. The summed E-state index contributed by atoms with van der Waals surface area (Å²) in [5, 5.41) is 0. The van der Waals surface area contributed by atoms with Gasteiger partial charge in [0, 0.05) is 26.1 Å². The van der Waals surface area contributed by atoms with Crippen molar-refractivity contribution in [3.05, 3.63) is 59.7 Å². The van der Waals surface area contributed by atoms with E-state index in [4.69, 9.17) is 10.5 Å². The molecule has 0 atom stereocenters. The Morgan fingerprint density at radius 2 is 1.88 bits per heavy atom. The number of nitrogens with zero attached hydrogens (tertiary/aromatic N) is 1. The lowest BCUT2D eigenvalue weighted by Gasteiger charge is -2.22. The van der Waals surface area contributed by atoms with Gasteiger partial charge in [0.05, 0.1) is 11.5 Å². The summed E-state index contributed by atoms with van der Waals surface area (Å²) < 4.78 is 32.8. The molecule has 0 radical (unpaired) electrons. The first-order chi connectivity index (χ1) is 11.1. The highest BCUT2D eigenvalue weighted by Crippen LogP contribution is 2.29. The van der Waals surface area contributed by atoms with E-state index in [1.807, 2.05) is 30.3 Å². The molecule has 2 N–H and O–H groups in total. The number of hydrogen-bond acceptors (Lipinski definition) is 4. The molecule has 2 aromatic rings. The second-order valence-electron chi connectivity index (χ2n) is 5.48. The van der Waals surface area contributed by atoms with Crippen LogP contribution in [0.4, 0.5) is 0 Å². The maximum absolute atomic E-state index is 13.0. The third-order valence-corrected chi connectivity index (χ3v) is 5.72. The Hall–Kier alpha value is -1.60. The van der Waals surface area contributed by atoms with Crippen molar-refractivity contribution < 1.29 is 13.2 Å². The summed E-state index contributed by atoms with van der Waals surface area (Å²) in [6, 6.07) is 14.6. The number of fused-ring (bicyclic) bond motifs is 1. The summed E-state index contributed by atoms with van der Waals surface area (Å²) in [4.78, 5) is 0.297. The van der Waals surface area contributed by atoms with Gasteiger partial charge in [-0.05, 0) is 29.3 Å². The van der Waals surface area contributed by atoms with E-state index < -0.39 is 10.0 Å². The molecule has 0 bridgehead atoms. The number of sulfonamides is 1. The van der Waals surface area contributed by atoms with Crippen LogP contribution in [-0.4, -0.2) is 32.4 Å². The number of hydrogen-bond donors (Lipinski definition) is 1. The van der Waals surface area contributed by atoms with Crippen molar-refractivity contribution in [3.63, 3.8) is 0 Å². The minimum atomic E-state index is -3.59. The molecule has 130 valence electrons. The molecule has 7 heteroatoms. The van der Waals surface area contributed by atoms with Crippen LogP contribution in [0.1, 0.15) is 11.1 Å². The Morgan fingerprint density at radius 1 is 1.12 bits per heavy atom. The van der Waals surface area contributed by atoms with Crippen molar-refractivity contribution in [3.8, 4) is 5.75 Å². The van der Waals surface area contributed by atoms with Gasteiger partial charge in [-0.3, -0.25) is 0 Å². The van der Waals surface area contributed by atoms with Gasteiger partial charge in [0.15, 0.2) is 0 Å². The molecule has 0 aromatic heterocycles. The summed E-state index contributed by atoms with van der Waals surface area (Å²) in [7, 11) is -3.59. The molecule has 0 saturated carbocycles. The number of ether oxygens (including phenoxy) is 1. The molecule has 5 nitrogen and oxygen atoms in total. The van der Waals surface area contributed by atoms with Gasteiger partial charge in [-0.2, -0.15) is 4.31 Å². The molecule has 0 amide bonds. The quantitative estimate of drug-likeness (QED) is 0.848. The topological polar surface area (TPSA) is 72.6 Å². The van der Waals surface area contributed by atoms with E-state index in [-0.39, 0.29) is 25.5 Å². The molecular weight excluding hydrogens is 348 g/mol. The van der Waals surface area contributed by atoms with E-state index in [1.54, 1.807) is 18.2 Å². The molecule has 2 aromatic carbocycles. The smallest absolute Gasteiger partial charge is 0.243 e. The fourth-order valence-electron chi connectivity index (χ4n) is 2.69. The Labute approximate surface area is 148 Å². The van der Waals surface area contributed by atoms with Crippen LogP contribution in [0.3, 0.4) is 0 Å². The van der Waals surface area contributed by atoms with Gasteiger partial charge in [-0.25, -0.2) is 8.42 Å². The first-order valence-electron chi connectivity index (χ1n) is 7.61. The SMILES string of the molecule is Cl.NCCN(Cc1ccccc1)S(=O)(=O)c1ccc2c(c1)CCO2. The van der Waals surface area contributed by atoms with Crippen LogP contribution in [0, 0.1) is 0 Å². The van der Waals surface area contributed by atoms with Crippen LogP contribution >= 0.6 is 12.4 Å². The zero-order valence-electron chi connectivity index (χ0n) is 13.2. The number of nitrogens with two attached hydrogens (primary N) is 1. The standard InChI is InChI=1S/C17H20N2O3S.ClH/c18-9-10-19(13-14-4-2-1-3-5-14)23(20,21)16-6-7-17-15(12-16)8-11-22-17;/h1-7,12H,8-11,13,18H2;1H. The van der Waals surface area contributed by atoms with Gasteiger partial charge in [0.25, 0.3) is 0 Å². The third kappa shape index (κ3) is 3.89. The fraction of sp³-hybridized carbons (Fsp3) is 0.294. The summed E-state index contributed by atoms with van der Waals surface area (Å²) in [5.74, 6) is 0.775. The minimum absolute atomic E-state index is 0. The van der Waals surface area contributed by atoms with Crippen LogP contribution in [-0.2, 0) is 23.0 Å². The predicted octanol–water partition coefficient (Wildman–Crippen LogP) is 2.19. The Kier molecular flexibility index (Phi) is 6.23. The van der Waals surface area contributed by atoms with Crippen molar-refractivity contribution in [1.29, 1.82) is 0 Å². The van der Waals surface area contributed by atoms with Gasteiger partial charge in [0.2, 0.25) is 10.0 Å². The largest absolute Gasteiger partial charge is 0.493 e. The van der Waals surface area contributed by atoms with Crippen molar-refractivity contribution in [2.24, 2.45) is 5.73 Å². The van der Waals surface area contributed by atoms with Crippen LogP contribution in [0.15, 0.2) is 53.4 Å². The molecule has 0 unspecified atom stereocenters. The molecule has 0 saturated heterocycles. The highest BCUT2D eigenvalue weighted by Gasteiger charge is 2.26. The zero-order valence-corrected chi connectivity index (χ0v) is 14.9. The van der Waals surface area contributed by atoms with Crippen LogP contribution in [0.25, 0.3) is 0 Å². The van der Waals surface area contributed by atoms with Crippen molar-refractivity contribution in [2.75, 3.05) is 19.7 Å². The highest BCUT2D eigenvalue weighted by atomic mass is 35.5. The number of halogens is 1. The van der Waals surface area contributed by atoms with Crippen LogP contribution < -0.4 is 10.5 Å². The Bertz CT molecular complexity index is 782.